The van der Waals surface area contributed by atoms with E-state index in [1.54, 1.807) is 0 Å². The van der Waals surface area contributed by atoms with E-state index in [-0.39, 0.29) is 0 Å². The lowest BCUT2D eigenvalue weighted by molar-refractivity contribution is 1.12. The fourth-order valence-corrected chi connectivity index (χ4v) is 12.4. The Kier molecular flexibility index (Phi) is 8.90. The van der Waals surface area contributed by atoms with E-state index in [2.05, 4.69) is 174 Å². The summed E-state index contributed by atoms with van der Waals surface area (Å²) in [5, 5.41) is 5.77. The summed E-state index contributed by atoms with van der Waals surface area (Å²) in [6.07, 6.45) is 16.3. The van der Waals surface area contributed by atoms with E-state index in [1.807, 2.05) is 0 Å². The molecule has 0 bridgehead atoms. The first kappa shape index (κ1) is 29.5. The molecule has 0 amide bonds. The Hall–Kier alpha value is -3.56. The van der Waals surface area contributed by atoms with Gasteiger partial charge in [0, 0.05) is 11.3 Å². The van der Waals surface area contributed by atoms with Crippen LogP contribution in [0.15, 0.2) is 156 Å². The summed E-state index contributed by atoms with van der Waals surface area (Å²) >= 11 is 0. The second kappa shape index (κ2) is 13.0. The molecule has 4 aromatic rings. The molecule has 2 atom stereocenters. The van der Waals surface area contributed by atoms with Crippen LogP contribution in [-0.4, -0.2) is 11.3 Å². The zero-order valence-corrected chi connectivity index (χ0v) is 27.6. The van der Waals surface area contributed by atoms with Gasteiger partial charge in [-0.05, 0) is 81.5 Å². The predicted octanol–water partition coefficient (Wildman–Crippen LogP) is 9.16. The van der Waals surface area contributed by atoms with Crippen LogP contribution in [0.2, 0.25) is 0 Å². The Bertz CT molecular complexity index is 1640. The van der Waals surface area contributed by atoms with E-state index in [0.29, 0.717) is 11.3 Å². The van der Waals surface area contributed by atoms with Crippen LogP contribution in [0.3, 0.4) is 0 Å². The Balaban J connectivity index is 1.48. The smallest absolute Gasteiger partial charge is 0.0310 e. The molecule has 0 aliphatic heterocycles. The molecule has 2 aliphatic carbocycles. The molecule has 0 N–H and O–H groups in total. The number of rotatable bonds is 7. The van der Waals surface area contributed by atoms with Crippen molar-refractivity contribution in [1.29, 1.82) is 0 Å². The summed E-state index contributed by atoms with van der Waals surface area (Å²) in [7, 11) is -1.27. The van der Waals surface area contributed by atoms with E-state index < -0.39 is 15.8 Å². The summed E-state index contributed by atoms with van der Waals surface area (Å²) < 4.78 is 0. The van der Waals surface area contributed by atoms with Gasteiger partial charge in [0.25, 0.3) is 0 Å². The van der Waals surface area contributed by atoms with E-state index >= 15 is 0 Å². The Labute approximate surface area is 260 Å². The van der Waals surface area contributed by atoms with Crippen LogP contribution in [0.4, 0.5) is 0 Å². The van der Waals surface area contributed by atoms with Crippen molar-refractivity contribution in [2.24, 2.45) is 0 Å². The third-order valence-electron chi connectivity index (χ3n) is 8.31. The van der Waals surface area contributed by atoms with E-state index in [0.717, 1.165) is 0 Å². The average Bonchev–Trinajstić information content (AvgIpc) is 3.48. The highest BCUT2D eigenvalue weighted by Crippen LogP contribution is 2.51. The van der Waals surface area contributed by atoms with Gasteiger partial charge in [-0.25, -0.2) is 0 Å². The normalized spacial score (nSPS) is 18.5. The summed E-state index contributed by atoms with van der Waals surface area (Å²) in [6, 6.07) is 36.6. The molecule has 0 aromatic heterocycles. The maximum atomic E-state index is 2.47. The van der Waals surface area contributed by atoms with E-state index in [9.17, 15) is 0 Å². The second-order valence-corrected chi connectivity index (χ2v) is 16.7. The summed E-state index contributed by atoms with van der Waals surface area (Å²) in [4.78, 5) is 0. The van der Waals surface area contributed by atoms with Gasteiger partial charge in [0.15, 0.2) is 0 Å². The van der Waals surface area contributed by atoms with Crippen molar-refractivity contribution in [1.82, 2.24) is 0 Å². The SMILES string of the molecule is Cc1cc(C)cc(P(c2cc(C)cc(C)c2)[C@@H](C)C2=CC=C/C2=C2/C=CC=CC2P(c2ccccc2)c2ccccc2)c1. The summed E-state index contributed by atoms with van der Waals surface area (Å²) in [5.74, 6) is 0. The molecular weight excluding hydrogens is 554 g/mol. The van der Waals surface area contributed by atoms with Gasteiger partial charge in [-0.1, -0.05) is 169 Å². The molecule has 2 heteroatoms. The molecule has 4 aromatic carbocycles. The van der Waals surface area contributed by atoms with Gasteiger partial charge in [0.05, 0.1) is 0 Å². The standard InChI is InChI=1S/C41H40P2/c1-29-23-30(2)26-36(25-29)42(37-27-31(3)24-32(4)28-37)33(5)38-20-14-21-39(38)40-19-12-13-22-41(40)43(34-15-8-6-9-16-34)35-17-10-7-11-18-35/h6-28,33,41H,1-5H3/b40-39+/t33-,41?/m0/s1. The molecule has 0 fully saturated rings. The molecule has 0 heterocycles. The number of benzene rings is 4. The first-order valence-electron chi connectivity index (χ1n) is 15.2. The molecule has 0 nitrogen and oxygen atoms in total. The highest BCUT2D eigenvalue weighted by molar-refractivity contribution is 7.74. The lowest BCUT2D eigenvalue weighted by Crippen LogP contribution is -2.25. The number of hydrogen-bond donors (Lipinski definition) is 0. The van der Waals surface area contributed by atoms with Gasteiger partial charge in [-0.2, -0.15) is 0 Å². The van der Waals surface area contributed by atoms with Gasteiger partial charge in [-0.15, -0.1) is 0 Å². The van der Waals surface area contributed by atoms with Crippen molar-refractivity contribution in [3.05, 3.63) is 179 Å². The third-order valence-corrected chi connectivity index (χ3v) is 13.7. The number of allylic oxidation sites excluding steroid dienone is 10. The van der Waals surface area contributed by atoms with Gasteiger partial charge in [0.1, 0.15) is 0 Å². The zero-order chi connectivity index (χ0) is 29.9. The Morgan fingerprint density at radius 2 is 1.07 bits per heavy atom. The van der Waals surface area contributed by atoms with Crippen LogP contribution in [0.5, 0.6) is 0 Å². The fourth-order valence-electron chi connectivity index (χ4n) is 6.63. The molecule has 0 spiro atoms. The van der Waals surface area contributed by atoms with Crippen LogP contribution in [0, 0.1) is 27.7 Å². The number of hydrogen-bond acceptors (Lipinski definition) is 0. The Morgan fingerprint density at radius 3 is 1.58 bits per heavy atom. The molecule has 1 unspecified atom stereocenters. The molecule has 2 aliphatic rings. The predicted molar refractivity (Wildman–Crippen MR) is 193 cm³/mol. The summed E-state index contributed by atoms with van der Waals surface area (Å²) in [6.45, 7) is 11.4. The van der Waals surface area contributed by atoms with Crippen molar-refractivity contribution in [2.45, 2.75) is 45.9 Å². The molecule has 43 heavy (non-hydrogen) atoms. The van der Waals surface area contributed by atoms with E-state index in [1.165, 1.54) is 60.2 Å². The first-order valence-corrected chi connectivity index (χ1v) is 18.0. The summed E-state index contributed by atoms with van der Waals surface area (Å²) in [5.41, 5.74) is 10.3. The van der Waals surface area contributed by atoms with Crippen LogP contribution in [-0.2, 0) is 0 Å². The average molecular weight is 595 g/mol. The molecule has 6 rings (SSSR count). The minimum atomic E-state index is -0.635. The first-order chi connectivity index (χ1) is 20.9. The van der Waals surface area contributed by atoms with Crippen LogP contribution < -0.4 is 21.2 Å². The van der Waals surface area contributed by atoms with Crippen molar-refractivity contribution < 1.29 is 0 Å². The Morgan fingerprint density at radius 1 is 0.558 bits per heavy atom. The maximum absolute atomic E-state index is 2.47. The molecular formula is C41H40P2. The van der Waals surface area contributed by atoms with Crippen molar-refractivity contribution in [3.8, 4) is 0 Å². The van der Waals surface area contributed by atoms with Crippen molar-refractivity contribution in [2.75, 3.05) is 0 Å². The van der Waals surface area contributed by atoms with Crippen LogP contribution in [0.1, 0.15) is 29.2 Å². The largest absolute Gasteiger partial charge is 0.0721 e. The molecule has 0 saturated heterocycles. The zero-order valence-electron chi connectivity index (χ0n) is 25.8. The lowest BCUT2D eigenvalue weighted by atomic mass is 9.95. The van der Waals surface area contributed by atoms with Gasteiger partial charge < -0.3 is 0 Å². The van der Waals surface area contributed by atoms with Gasteiger partial charge in [-0.3, -0.25) is 0 Å². The highest BCUT2D eigenvalue weighted by Gasteiger charge is 2.32. The highest BCUT2D eigenvalue weighted by atomic mass is 31.1. The molecule has 214 valence electrons. The van der Waals surface area contributed by atoms with E-state index in [4.69, 9.17) is 0 Å². The molecule has 0 radical (unpaired) electrons. The van der Waals surface area contributed by atoms with Gasteiger partial charge in [0.2, 0.25) is 0 Å². The van der Waals surface area contributed by atoms with Crippen LogP contribution in [0.25, 0.3) is 0 Å². The number of aryl methyl sites for hydroxylation is 4. The lowest BCUT2D eigenvalue weighted by Gasteiger charge is -2.33. The van der Waals surface area contributed by atoms with Crippen LogP contribution >= 0.6 is 15.8 Å². The monoisotopic (exact) mass is 594 g/mol. The van der Waals surface area contributed by atoms with Crippen molar-refractivity contribution >= 4 is 37.1 Å². The molecule has 0 saturated carbocycles. The fraction of sp³-hybridized carbons (Fsp3) is 0.171. The topological polar surface area (TPSA) is 0 Å². The maximum Gasteiger partial charge on any atom is 0.0310 e. The minimum absolute atomic E-state index is 0.298. The van der Waals surface area contributed by atoms with Crippen molar-refractivity contribution in [3.63, 3.8) is 0 Å². The second-order valence-electron chi connectivity index (χ2n) is 11.8. The quantitative estimate of drug-likeness (QED) is 0.187. The third kappa shape index (κ3) is 6.38. The minimum Gasteiger partial charge on any atom is -0.0721 e. The van der Waals surface area contributed by atoms with Gasteiger partial charge >= 0.3 is 0 Å².